The van der Waals surface area contributed by atoms with Crippen molar-refractivity contribution in [3.05, 3.63) is 0 Å². The topological polar surface area (TPSA) is 29.1 Å². The van der Waals surface area contributed by atoms with Crippen molar-refractivity contribution >= 4 is 5.78 Å². The van der Waals surface area contributed by atoms with E-state index in [4.69, 9.17) is 0 Å². The Kier molecular flexibility index (Phi) is 4.28. The fourth-order valence-corrected chi connectivity index (χ4v) is 0.958. The number of likely N-dealkylation sites (N-methyl/N-ethyl adjacent to an activating group) is 1. The molecule has 0 radical (unpaired) electrons. The molecule has 0 aliphatic heterocycles. The summed E-state index contributed by atoms with van der Waals surface area (Å²) in [5.74, 6) is 0.817. The van der Waals surface area contributed by atoms with Gasteiger partial charge in [0.05, 0.1) is 6.04 Å². The van der Waals surface area contributed by atoms with Crippen LogP contribution in [0.3, 0.4) is 0 Å². The summed E-state index contributed by atoms with van der Waals surface area (Å²) in [7, 11) is 1.83. The third-order valence-corrected chi connectivity index (χ3v) is 1.55. The number of Topliss-reactive ketones (excluding diaryl/α,β-unsaturated/α-hetero) is 1. The fraction of sp³-hybridized carbons (Fsp3) is 0.875. The maximum absolute atomic E-state index is 10.8. The summed E-state index contributed by atoms with van der Waals surface area (Å²) in [5, 5.41) is 2.98. The highest BCUT2D eigenvalue weighted by atomic mass is 16.1. The summed E-state index contributed by atoms with van der Waals surface area (Å²) in [4.78, 5) is 10.8. The van der Waals surface area contributed by atoms with E-state index >= 15 is 0 Å². The largest absolute Gasteiger partial charge is 0.311 e. The normalized spacial score (nSPS) is 13.7. The number of rotatable bonds is 4. The summed E-state index contributed by atoms with van der Waals surface area (Å²) in [6.07, 6.45) is 0.936. The average Bonchev–Trinajstić information content (AvgIpc) is 1.81. The van der Waals surface area contributed by atoms with Crippen molar-refractivity contribution in [1.82, 2.24) is 5.32 Å². The molecule has 0 spiro atoms. The first-order valence-electron chi connectivity index (χ1n) is 3.75. The van der Waals surface area contributed by atoms with Gasteiger partial charge in [-0.2, -0.15) is 0 Å². The van der Waals surface area contributed by atoms with Gasteiger partial charge < -0.3 is 5.32 Å². The monoisotopic (exact) mass is 143 g/mol. The Bertz CT molecular complexity index is 110. The molecule has 1 N–H and O–H groups in total. The summed E-state index contributed by atoms with van der Waals surface area (Å²) in [5.41, 5.74) is 0. The quantitative estimate of drug-likeness (QED) is 0.641. The Morgan fingerprint density at radius 2 is 2.00 bits per heavy atom. The van der Waals surface area contributed by atoms with Gasteiger partial charge >= 0.3 is 0 Å². The zero-order valence-corrected chi connectivity index (χ0v) is 7.27. The average molecular weight is 143 g/mol. The van der Waals surface area contributed by atoms with Gasteiger partial charge in [-0.05, 0) is 26.3 Å². The van der Waals surface area contributed by atoms with Crippen molar-refractivity contribution in [1.29, 1.82) is 0 Å². The van der Waals surface area contributed by atoms with Crippen molar-refractivity contribution in [3.8, 4) is 0 Å². The molecule has 0 rings (SSSR count). The molecule has 0 aliphatic carbocycles. The Morgan fingerprint density at radius 3 is 2.10 bits per heavy atom. The molecule has 0 aliphatic rings. The summed E-state index contributed by atoms with van der Waals surface area (Å²) in [6.45, 7) is 5.87. The van der Waals surface area contributed by atoms with Crippen molar-refractivity contribution in [2.24, 2.45) is 5.92 Å². The molecule has 0 saturated heterocycles. The van der Waals surface area contributed by atoms with E-state index in [0.717, 1.165) is 6.42 Å². The third-order valence-electron chi connectivity index (χ3n) is 1.55. The van der Waals surface area contributed by atoms with E-state index in [9.17, 15) is 4.79 Å². The molecule has 0 aromatic carbocycles. The van der Waals surface area contributed by atoms with Crippen LogP contribution in [0.1, 0.15) is 27.2 Å². The number of hydrogen-bond acceptors (Lipinski definition) is 2. The van der Waals surface area contributed by atoms with Gasteiger partial charge in [0.1, 0.15) is 5.78 Å². The second-order valence-corrected chi connectivity index (χ2v) is 3.08. The molecule has 0 unspecified atom stereocenters. The summed E-state index contributed by atoms with van der Waals surface area (Å²) >= 11 is 0. The van der Waals surface area contributed by atoms with Crippen LogP contribution in [0.15, 0.2) is 0 Å². The van der Waals surface area contributed by atoms with Crippen LogP contribution in [-0.4, -0.2) is 18.9 Å². The molecule has 1 atom stereocenters. The number of hydrogen-bond donors (Lipinski definition) is 1. The predicted molar refractivity (Wildman–Crippen MR) is 43.0 cm³/mol. The molecule has 2 nitrogen and oxygen atoms in total. The molecule has 60 valence electrons. The van der Waals surface area contributed by atoms with Crippen LogP contribution in [-0.2, 0) is 4.79 Å². The third kappa shape index (κ3) is 3.62. The molecule has 0 bridgehead atoms. The first kappa shape index (κ1) is 9.63. The van der Waals surface area contributed by atoms with Crippen LogP contribution >= 0.6 is 0 Å². The van der Waals surface area contributed by atoms with Gasteiger partial charge in [0, 0.05) is 0 Å². The minimum absolute atomic E-state index is 0.0556. The van der Waals surface area contributed by atoms with Gasteiger partial charge in [-0.25, -0.2) is 0 Å². The standard InChI is InChI=1S/C8H17NO/c1-6(2)5-8(9-4)7(3)10/h6,8-9H,5H2,1-4H3/t8-/m0/s1. The van der Waals surface area contributed by atoms with Gasteiger partial charge in [0.15, 0.2) is 0 Å². The SMILES string of the molecule is CN[C@@H](CC(C)C)C(C)=O. The highest BCUT2D eigenvalue weighted by Gasteiger charge is 2.12. The molecule has 0 heterocycles. The molecule has 0 aromatic rings. The van der Waals surface area contributed by atoms with E-state index in [1.165, 1.54) is 0 Å². The lowest BCUT2D eigenvalue weighted by molar-refractivity contribution is -0.119. The number of carbonyl (C=O) groups is 1. The molecular formula is C8H17NO. The lowest BCUT2D eigenvalue weighted by Crippen LogP contribution is -2.33. The Hall–Kier alpha value is -0.370. The van der Waals surface area contributed by atoms with Crippen LogP contribution in [0.5, 0.6) is 0 Å². The number of ketones is 1. The second kappa shape index (κ2) is 4.45. The zero-order valence-electron chi connectivity index (χ0n) is 7.27. The van der Waals surface area contributed by atoms with Gasteiger partial charge in [-0.3, -0.25) is 4.79 Å². The van der Waals surface area contributed by atoms with E-state index < -0.39 is 0 Å². The van der Waals surface area contributed by atoms with E-state index in [1.54, 1.807) is 6.92 Å². The van der Waals surface area contributed by atoms with Crippen molar-refractivity contribution in [3.63, 3.8) is 0 Å². The minimum atomic E-state index is 0.0556. The highest BCUT2D eigenvalue weighted by molar-refractivity contribution is 5.81. The molecule has 0 aromatic heterocycles. The van der Waals surface area contributed by atoms with E-state index in [1.807, 2.05) is 7.05 Å². The van der Waals surface area contributed by atoms with Gasteiger partial charge in [-0.1, -0.05) is 13.8 Å². The maximum Gasteiger partial charge on any atom is 0.146 e. The Balaban J connectivity index is 3.72. The van der Waals surface area contributed by atoms with Gasteiger partial charge in [0.25, 0.3) is 0 Å². The zero-order chi connectivity index (χ0) is 8.15. The predicted octanol–water partition coefficient (Wildman–Crippen LogP) is 1.21. The van der Waals surface area contributed by atoms with Crippen LogP contribution in [0.2, 0.25) is 0 Å². The molecule has 0 fully saturated rings. The minimum Gasteiger partial charge on any atom is -0.311 e. The fourth-order valence-electron chi connectivity index (χ4n) is 0.958. The first-order chi connectivity index (χ1) is 4.57. The van der Waals surface area contributed by atoms with Gasteiger partial charge in [0.2, 0.25) is 0 Å². The van der Waals surface area contributed by atoms with Crippen molar-refractivity contribution < 1.29 is 4.79 Å². The van der Waals surface area contributed by atoms with Crippen LogP contribution in [0, 0.1) is 5.92 Å². The maximum atomic E-state index is 10.8. The van der Waals surface area contributed by atoms with Crippen LogP contribution in [0.25, 0.3) is 0 Å². The van der Waals surface area contributed by atoms with Gasteiger partial charge in [-0.15, -0.1) is 0 Å². The molecular weight excluding hydrogens is 126 g/mol. The van der Waals surface area contributed by atoms with Crippen molar-refractivity contribution in [2.45, 2.75) is 33.2 Å². The highest BCUT2D eigenvalue weighted by Crippen LogP contribution is 2.04. The Morgan fingerprint density at radius 1 is 1.50 bits per heavy atom. The van der Waals surface area contributed by atoms with E-state index in [-0.39, 0.29) is 11.8 Å². The number of carbonyl (C=O) groups excluding carboxylic acids is 1. The Labute approximate surface area is 63.0 Å². The van der Waals surface area contributed by atoms with Crippen LogP contribution in [0.4, 0.5) is 0 Å². The first-order valence-corrected chi connectivity index (χ1v) is 3.75. The smallest absolute Gasteiger partial charge is 0.146 e. The van der Waals surface area contributed by atoms with Crippen molar-refractivity contribution in [2.75, 3.05) is 7.05 Å². The molecule has 0 saturated carbocycles. The molecule has 0 amide bonds. The lowest BCUT2D eigenvalue weighted by Gasteiger charge is -2.14. The lowest BCUT2D eigenvalue weighted by atomic mass is 10.0. The van der Waals surface area contributed by atoms with E-state index in [2.05, 4.69) is 19.2 Å². The molecule has 10 heavy (non-hydrogen) atoms. The second-order valence-electron chi connectivity index (χ2n) is 3.08. The number of nitrogens with one attached hydrogen (secondary N) is 1. The summed E-state index contributed by atoms with van der Waals surface area (Å²) < 4.78 is 0. The summed E-state index contributed by atoms with van der Waals surface area (Å²) in [6, 6.07) is 0.0556. The molecule has 2 heteroatoms. The van der Waals surface area contributed by atoms with E-state index in [0.29, 0.717) is 5.92 Å². The van der Waals surface area contributed by atoms with Crippen LogP contribution < -0.4 is 5.32 Å².